The summed E-state index contributed by atoms with van der Waals surface area (Å²) in [6.45, 7) is 7.55. The maximum atomic E-state index is 3.49. The molecule has 1 unspecified atom stereocenters. The van der Waals surface area contributed by atoms with Crippen molar-refractivity contribution in [1.29, 1.82) is 0 Å². The summed E-state index contributed by atoms with van der Waals surface area (Å²) in [6.07, 6.45) is 6.98. The molecule has 0 spiro atoms. The van der Waals surface area contributed by atoms with Crippen molar-refractivity contribution < 1.29 is 0 Å². The quantitative estimate of drug-likeness (QED) is 0.741. The van der Waals surface area contributed by atoms with Gasteiger partial charge in [-0.3, -0.25) is 4.90 Å². The number of hydrogen-bond acceptors (Lipinski definition) is 2. The summed E-state index contributed by atoms with van der Waals surface area (Å²) in [7, 11) is 0. The van der Waals surface area contributed by atoms with Crippen molar-refractivity contribution in [1.82, 2.24) is 10.2 Å². The summed E-state index contributed by atoms with van der Waals surface area (Å²) in [6, 6.07) is 0.901. The Labute approximate surface area is 88.1 Å². The molecule has 2 rings (SSSR count). The van der Waals surface area contributed by atoms with Crippen molar-refractivity contribution in [3.8, 4) is 0 Å². The van der Waals surface area contributed by atoms with Crippen molar-refractivity contribution in [3.05, 3.63) is 0 Å². The highest BCUT2D eigenvalue weighted by Gasteiger charge is 2.31. The average molecular weight is 196 g/mol. The Balaban J connectivity index is 1.69. The fourth-order valence-corrected chi connectivity index (χ4v) is 2.86. The lowest BCUT2D eigenvalue weighted by Gasteiger charge is -2.44. The molecule has 0 radical (unpaired) electrons. The molecule has 0 aromatic heterocycles. The van der Waals surface area contributed by atoms with E-state index in [1.54, 1.807) is 0 Å². The topological polar surface area (TPSA) is 15.3 Å². The van der Waals surface area contributed by atoms with E-state index in [2.05, 4.69) is 17.1 Å². The molecule has 0 amide bonds. The van der Waals surface area contributed by atoms with Gasteiger partial charge in [0.05, 0.1) is 0 Å². The van der Waals surface area contributed by atoms with Crippen molar-refractivity contribution in [3.63, 3.8) is 0 Å². The average Bonchev–Trinajstić information content (AvgIpc) is 2.38. The van der Waals surface area contributed by atoms with Crippen LogP contribution in [0.15, 0.2) is 0 Å². The fourth-order valence-electron chi connectivity index (χ4n) is 2.86. The third-order valence-electron chi connectivity index (χ3n) is 3.74. The van der Waals surface area contributed by atoms with Crippen LogP contribution in [0.2, 0.25) is 0 Å². The Morgan fingerprint density at radius 2 is 2.07 bits per heavy atom. The predicted octanol–water partition coefficient (Wildman–Crippen LogP) is 1.86. The lowest BCUT2D eigenvalue weighted by molar-refractivity contribution is 0.0421. The van der Waals surface area contributed by atoms with E-state index in [0.29, 0.717) is 0 Å². The highest BCUT2D eigenvalue weighted by atomic mass is 15.2. The summed E-state index contributed by atoms with van der Waals surface area (Å²) in [5, 5.41) is 3.49. The van der Waals surface area contributed by atoms with E-state index < -0.39 is 0 Å². The Kier molecular flexibility index (Phi) is 3.82. The van der Waals surface area contributed by atoms with Crippen LogP contribution in [0.25, 0.3) is 0 Å². The van der Waals surface area contributed by atoms with Gasteiger partial charge in [0.25, 0.3) is 0 Å². The maximum Gasteiger partial charge on any atom is 0.0108 e. The summed E-state index contributed by atoms with van der Waals surface area (Å²) >= 11 is 0. The predicted molar refractivity (Wildman–Crippen MR) is 60.5 cm³/mol. The second-order valence-corrected chi connectivity index (χ2v) is 4.94. The van der Waals surface area contributed by atoms with Crippen LogP contribution in [-0.4, -0.2) is 37.1 Å². The smallest absolute Gasteiger partial charge is 0.0108 e. The first-order valence-corrected chi connectivity index (χ1v) is 6.35. The highest BCUT2D eigenvalue weighted by Crippen LogP contribution is 2.26. The molecular weight excluding hydrogens is 172 g/mol. The Hall–Kier alpha value is -0.0800. The third-order valence-corrected chi connectivity index (χ3v) is 3.74. The molecule has 2 fully saturated rings. The molecular formula is C12H24N2. The largest absolute Gasteiger partial charge is 0.317 e. The molecule has 2 saturated heterocycles. The zero-order valence-corrected chi connectivity index (χ0v) is 9.47. The van der Waals surface area contributed by atoms with Crippen LogP contribution < -0.4 is 5.32 Å². The normalized spacial score (nSPS) is 31.1. The van der Waals surface area contributed by atoms with E-state index in [1.165, 1.54) is 58.3 Å². The van der Waals surface area contributed by atoms with E-state index in [9.17, 15) is 0 Å². The first kappa shape index (κ1) is 10.4. The number of likely N-dealkylation sites (tertiary alicyclic amines) is 1. The molecule has 2 aliphatic rings. The van der Waals surface area contributed by atoms with Crippen molar-refractivity contribution >= 4 is 0 Å². The molecule has 0 aromatic rings. The van der Waals surface area contributed by atoms with Crippen LogP contribution in [0.4, 0.5) is 0 Å². The molecule has 2 heteroatoms. The highest BCUT2D eigenvalue weighted by molar-refractivity contribution is 4.86. The number of nitrogens with one attached hydrogen (secondary N) is 1. The van der Waals surface area contributed by atoms with Crippen molar-refractivity contribution in [2.75, 3.05) is 26.2 Å². The number of rotatable bonds is 3. The molecule has 0 bridgehead atoms. The molecule has 2 nitrogen and oxygen atoms in total. The minimum Gasteiger partial charge on any atom is -0.317 e. The third kappa shape index (κ3) is 2.48. The Morgan fingerprint density at radius 3 is 2.86 bits per heavy atom. The summed E-state index contributed by atoms with van der Waals surface area (Å²) in [5.74, 6) is 1.02. The molecule has 2 aliphatic heterocycles. The van der Waals surface area contributed by atoms with Gasteiger partial charge in [0.15, 0.2) is 0 Å². The minimum atomic E-state index is 0.901. The van der Waals surface area contributed by atoms with Gasteiger partial charge in [-0.1, -0.05) is 13.3 Å². The van der Waals surface area contributed by atoms with E-state index in [1.807, 2.05) is 0 Å². The van der Waals surface area contributed by atoms with Gasteiger partial charge in [0.2, 0.25) is 0 Å². The van der Waals surface area contributed by atoms with Gasteiger partial charge in [0.1, 0.15) is 0 Å². The molecule has 0 aliphatic carbocycles. The van der Waals surface area contributed by atoms with E-state index >= 15 is 0 Å². The summed E-state index contributed by atoms with van der Waals surface area (Å²) < 4.78 is 0. The molecule has 1 atom stereocenters. The molecule has 82 valence electrons. The first-order chi connectivity index (χ1) is 6.90. The molecule has 2 heterocycles. The van der Waals surface area contributed by atoms with Gasteiger partial charge in [0, 0.05) is 19.1 Å². The summed E-state index contributed by atoms with van der Waals surface area (Å²) in [5.41, 5.74) is 0. The fraction of sp³-hybridized carbons (Fsp3) is 1.00. The van der Waals surface area contributed by atoms with Crippen LogP contribution in [0, 0.1) is 5.92 Å². The Bertz CT molecular complexity index is 156. The van der Waals surface area contributed by atoms with Gasteiger partial charge in [-0.25, -0.2) is 0 Å². The lowest BCUT2D eigenvalue weighted by atomic mass is 9.91. The number of nitrogens with zero attached hydrogens (tertiary/aromatic N) is 1. The molecule has 0 saturated carbocycles. The van der Waals surface area contributed by atoms with Crippen LogP contribution in [0.5, 0.6) is 0 Å². The SMILES string of the molecule is CCCC1CN(C2CCCNCC2)C1. The van der Waals surface area contributed by atoms with Gasteiger partial charge < -0.3 is 5.32 Å². The lowest BCUT2D eigenvalue weighted by Crippen LogP contribution is -2.52. The monoisotopic (exact) mass is 196 g/mol. The van der Waals surface area contributed by atoms with Crippen LogP contribution in [0.1, 0.15) is 39.0 Å². The van der Waals surface area contributed by atoms with Crippen LogP contribution in [-0.2, 0) is 0 Å². The molecule has 0 aromatic carbocycles. The zero-order chi connectivity index (χ0) is 9.80. The van der Waals surface area contributed by atoms with Gasteiger partial charge in [-0.05, 0) is 44.7 Å². The van der Waals surface area contributed by atoms with E-state index in [4.69, 9.17) is 0 Å². The standard InChI is InChI=1S/C12H24N2/c1-2-4-11-9-14(10-11)12-5-3-7-13-8-6-12/h11-13H,2-10H2,1H3. The van der Waals surface area contributed by atoms with Crippen LogP contribution in [0.3, 0.4) is 0 Å². The molecule has 14 heavy (non-hydrogen) atoms. The minimum absolute atomic E-state index is 0.901. The molecule has 1 N–H and O–H groups in total. The second-order valence-electron chi connectivity index (χ2n) is 4.94. The van der Waals surface area contributed by atoms with Gasteiger partial charge in [-0.15, -0.1) is 0 Å². The summed E-state index contributed by atoms with van der Waals surface area (Å²) in [4.78, 5) is 2.72. The number of hydrogen-bond donors (Lipinski definition) is 1. The van der Waals surface area contributed by atoms with E-state index in [-0.39, 0.29) is 0 Å². The second kappa shape index (κ2) is 5.13. The van der Waals surface area contributed by atoms with E-state index in [0.717, 1.165) is 12.0 Å². The zero-order valence-electron chi connectivity index (χ0n) is 9.47. The Morgan fingerprint density at radius 1 is 1.21 bits per heavy atom. The van der Waals surface area contributed by atoms with Crippen LogP contribution >= 0.6 is 0 Å². The first-order valence-electron chi connectivity index (χ1n) is 6.35. The van der Waals surface area contributed by atoms with Crippen molar-refractivity contribution in [2.45, 2.75) is 45.1 Å². The van der Waals surface area contributed by atoms with Gasteiger partial charge in [-0.2, -0.15) is 0 Å². The maximum absolute atomic E-state index is 3.49. The van der Waals surface area contributed by atoms with Gasteiger partial charge >= 0.3 is 0 Å². The van der Waals surface area contributed by atoms with Crippen molar-refractivity contribution in [2.24, 2.45) is 5.92 Å².